The third kappa shape index (κ3) is 2.92. The minimum atomic E-state index is 0.941. The zero-order valence-corrected chi connectivity index (χ0v) is 12.1. The highest BCUT2D eigenvalue weighted by atomic mass is 15.1. The maximum atomic E-state index is 4.47. The summed E-state index contributed by atoms with van der Waals surface area (Å²) in [5.41, 5.74) is 2.32. The first-order valence-electron chi connectivity index (χ1n) is 7.56. The van der Waals surface area contributed by atoms with Crippen LogP contribution in [0.4, 0.5) is 5.69 Å². The molecule has 0 saturated heterocycles. The smallest absolute Gasteiger partial charge is 0.0564 e. The van der Waals surface area contributed by atoms with E-state index in [1.165, 1.54) is 32.2 Å². The predicted octanol–water partition coefficient (Wildman–Crippen LogP) is 2.99. The molecule has 3 heteroatoms. The van der Waals surface area contributed by atoms with Gasteiger partial charge in [0.15, 0.2) is 0 Å². The Morgan fingerprint density at radius 3 is 2.95 bits per heavy atom. The van der Waals surface area contributed by atoms with Crippen molar-refractivity contribution in [3.8, 4) is 0 Å². The fraction of sp³-hybridized carbons (Fsp3) is 0.688. The van der Waals surface area contributed by atoms with Crippen molar-refractivity contribution in [2.75, 3.05) is 26.0 Å². The number of hydrogen-bond donors (Lipinski definition) is 1. The Hall–Kier alpha value is -1.09. The van der Waals surface area contributed by atoms with Gasteiger partial charge in [-0.3, -0.25) is 4.98 Å². The third-order valence-corrected chi connectivity index (χ3v) is 4.97. The van der Waals surface area contributed by atoms with Gasteiger partial charge in [0, 0.05) is 32.0 Å². The quantitative estimate of drug-likeness (QED) is 0.881. The van der Waals surface area contributed by atoms with E-state index in [-0.39, 0.29) is 0 Å². The molecule has 1 heterocycles. The van der Waals surface area contributed by atoms with Crippen LogP contribution in [0.1, 0.15) is 31.4 Å². The molecule has 19 heavy (non-hydrogen) atoms. The standard InChI is InChI=1S/C16H25N3/c1-17-15-5-6-18-16(9-15)11-19(2)10-14-8-12-3-4-13(14)7-12/h5-6,9,12-14H,3-4,7-8,10-11H2,1-2H3,(H,17,18). The highest BCUT2D eigenvalue weighted by molar-refractivity contribution is 5.42. The van der Waals surface area contributed by atoms with Gasteiger partial charge in [-0.25, -0.2) is 0 Å². The highest BCUT2D eigenvalue weighted by Crippen LogP contribution is 2.48. The molecule has 1 aromatic rings. The first-order valence-corrected chi connectivity index (χ1v) is 7.56. The fourth-order valence-electron chi connectivity index (χ4n) is 4.06. The molecular formula is C16H25N3. The second-order valence-corrected chi connectivity index (χ2v) is 6.42. The van der Waals surface area contributed by atoms with Crippen molar-refractivity contribution in [2.24, 2.45) is 17.8 Å². The van der Waals surface area contributed by atoms with Gasteiger partial charge in [0.1, 0.15) is 0 Å². The van der Waals surface area contributed by atoms with Crippen LogP contribution in [0.5, 0.6) is 0 Å². The van der Waals surface area contributed by atoms with Crippen LogP contribution in [0.25, 0.3) is 0 Å². The van der Waals surface area contributed by atoms with Crippen LogP contribution >= 0.6 is 0 Å². The van der Waals surface area contributed by atoms with Crippen molar-refractivity contribution in [2.45, 2.75) is 32.2 Å². The molecule has 0 radical (unpaired) electrons. The molecule has 0 aliphatic heterocycles. The van der Waals surface area contributed by atoms with Crippen LogP contribution in [-0.4, -0.2) is 30.5 Å². The minimum Gasteiger partial charge on any atom is -0.388 e. The largest absolute Gasteiger partial charge is 0.388 e. The van der Waals surface area contributed by atoms with E-state index in [4.69, 9.17) is 0 Å². The Kier molecular flexibility index (Phi) is 3.74. The van der Waals surface area contributed by atoms with Crippen LogP contribution in [0, 0.1) is 17.8 Å². The van der Waals surface area contributed by atoms with Gasteiger partial charge in [-0.15, -0.1) is 0 Å². The van der Waals surface area contributed by atoms with E-state index in [0.717, 1.165) is 35.7 Å². The monoisotopic (exact) mass is 259 g/mol. The van der Waals surface area contributed by atoms with Gasteiger partial charge in [-0.2, -0.15) is 0 Å². The molecule has 0 aromatic carbocycles. The molecule has 2 bridgehead atoms. The normalized spacial score (nSPS) is 29.1. The lowest BCUT2D eigenvalue weighted by atomic mass is 9.88. The summed E-state index contributed by atoms with van der Waals surface area (Å²) < 4.78 is 0. The molecular weight excluding hydrogens is 234 g/mol. The van der Waals surface area contributed by atoms with E-state index in [2.05, 4.69) is 28.3 Å². The number of aromatic nitrogens is 1. The molecule has 104 valence electrons. The number of anilines is 1. The van der Waals surface area contributed by atoms with Crippen molar-refractivity contribution in [3.63, 3.8) is 0 Å². The van der Waals surface area contributed by atoms with E-state index in [1.807, 2.05) is 19.3 Å². The Morgan fingerprint density at radius 2 is 2.26 bits per heavy atom. The number of rotatable bonds is 5. The molecule has 1 aromatic heterocycles. The zero-order valence-electron chi connectivity index (χ0n) is 12.1. The Morgan fingerprint density at radius 1 is 1.37 bits per heavy atom. The van der Waals surface area contributed by atoms with Crippen LogP contribution < -0.4 is 5.32 Å². The first kappa shape index (κ1) is 12.9. The van der Waals surface area contributed by atoms with Crippen molar-refractivity contribution in [1.29, 1.82) is 0 Å². The first-order chi connectivity index (χ1) is 9.24. The third-order valence-electron chi connectivity index (χ3n) is 4.97. The van der Waals surface area contributed by atoms with Crippen LogP contribution in [0.15, 0.2) is 18.3 Å². The molecule has 0 amide bonds. The summed E-state index contributed by atoms with van der Waals surface area (Å²) in [6.07, 6.45) is 7.85. The molecule has 0 spiro atoms. The average molecular weight is 259 g/mol. The second-order valence-electron chi connectivity index (χ2n) is 6.42. The van der Waals surface area contributed by atoms with Crippen LogP contribution in [0.2, 0.25) is 0 Å². The van der Waals surface area contributed by atoms with Gasteiger partial charge in [-0.05, 0) is 56.2 Å². The van der Waals surface area contributed by atoms with E-state index >= 15 is 0 Å². The fourth-order valence-corrected chi connectivity index (χ4v) is 4.06. The summed E-state index contributed by atoms with van der Waals surface area (Å²) in [6.45, 7) is 2.20. The molecule has 2 fully saturated rings. The Labute approximate surface area is 116 Å². The molecule has 3 nitrogen and oxygen atoms in total. The molecule has 3 rings (SSSR count). The SMILES string of the molecule is CNc1ccnc(CN(C)CC2CC3CCC2C3)c1. The number of nitrogens with zero attached hydrogens (tertiary/aromatic N) is 2. The van der Waals surface area contributed by atoms with E-state index in [9.17, 15) is 0 Å². The van der Waals surface area contributed by atoms with Gasteiger partial charge >= 0.3 is 0 Å². The van der Waals surface area contributed by atoms with Crippen molar-refractivity contribution >= 4 is 5.69 Å². The highest BCUT2D eigenvalue weighted by Gasteiger charge is 2.39. The maximum Gasteiger partial charge on any atom is 0.0564 e. The maximum absolute atomic E-state index is 4.47. The van der Waals surface area contributed by atoms with Crippen molar-refractivity contribution in [1.82, 2.24) is 9.88 Å². The predicted molar refractivity (Wildman–Crippen MR) is 79.1 cm³/mol. The lowest BCUT2D eigenvalue weighted by Crippen LogP contribution is -2.28. The van der Waals surface area contributed by atoms with E-state index in [0.29, 0.717) is 0 Å². The van der Waals surface area contributed by atoms with Crippen LogP contribution in [-0.2, 0) is 6.54 Å². The summed E-state index contributed by atoms with van der Waals surface area (Å²) >= 11 is 0. The molecule has 2 saturated carbocycles. The summed E-state index contributed by atoms with van der Waals surface area (Å²) in [7, 11) is 4.19. The number of pyridine rings is 1. The number of fused-ring (bicyclic) bond motifs is 2. The second kappa shape index (κ2) is 5.49. The van der Waals surface area contributed by atoms with Gasteiger partial charge in [0.25, 0.3) is 0 Å². The molecule has 3 atom stereocenters. The summed E-state index contributed by atoms with van der Waals surface area (Å²) in [6, 6.07) is 4.16. The Balaban J connectivity index is 1.54. The lowest BCUT2D eigenvalue weighted by Gasteiger charge is -2.27. The van der Waals surface area contributed by atoms with Gasteiger partial charge in [-0.1, -0.05) is 6.42 Å². The molecule has 1 N–H and O–H groups in total. The number of nitrogens with one attached hydrogen (secondary N) is 1. The molecule has 2 aliphatic carbocycles. The number of hydrogen-bond acceptors (Lipinski definition) is 3. The zero-order chi connectivity index (χ0) is 13.2. The summed E-state index contributed by atoms with van der Waals surface area (Å²) in [5.74, 6) is 3.01. The van der Waals surface area contributed by atoms with Crippen LogP contribution in [0.3, 0.4) is 0 Å². The van der Waals surface area contributed by atoms with E-state index in [1.54, 1.807) is 0 Å². The summed E-state index contributed by atoms with van der Waals surface area (Å²) in [5, 5.41) is 3.18. The topological polar surface area (TPSA) is 28.2 Å². The minimum absolute atomic E-state index is 0.941. The Bertz CT molecular complexity index is 432. The van der Waals surface area contributed by atoms with Crippen molar-refractivity contribution in [3.05, 3.63) is 24.0 Å². The van der Waals surface area contributed by atoms with Gasteiger partial charge < -0.3 is 10.2 Å². The average Bonchev–Trinajstić information content (AvgIpc) is 3.01. The molecule has 2 aliphatic rings. The van der Waals surface area contributed by atoms with Gasteiger partial charge in [0.05, 0.1) is 5.69 Å². The lowest BCUT2D eigenvalue weighted by molar-refractivity contribution is 0.213. The van der Waals surface area contributed by atoms with E-state index < -0.39 is 0 Å². The summed E-state index contributed by atoms with van der Waals surface area (Å²) in [4.78, 5) is 6.92. The van der Waals surface area contributed by atoms with Crippen molar-refractivity contribution < 1.29 is 0 Å². The van der Waals surface area contributed by atoms with Gasteiger partial charge in [0.2, 0.25) is 0 Å². The molecule has 3 unspecified atom stereocenters.